The average molecular weight is 269 g/mol. The summed E-state index contributed by atoms with van der Waals surface area (Å²) >= 11 is 0. The summed E-state index contributed by atoms with van der Waals surface area (Å²) in [5.74, 6) is -1.40. The maximum Gasteiger partial charge on any atom is 0.313 e. The fourth-order valence-corrected chi connectivity index (χ4v) is 2.49. The van der Waals surface area contributed by atoms with Gasteiger partial charge < -0.3 is 5.11 Å². The Kier molecular flexibility index (Phi) is 3.85. The van der Waals surface area contributed by atoms with Crippen molar-refractivity contribution >= 4 is 5.97 Å². The zero-order chi connectivity index (χ0) is 14.0. The standard InChI is InChI=1S/C14H17F2NO2/c1-10-2-3-12(16)6-11(10)7-17-5-4-14(8-15,9-17)13(18)19/h2-3,6H,4-5,7-9H2,1H3,(H,18,19). The summed E-state index contributed by atoms with van der Waals surface area (Å²) in [4.78, 5) is 13.0. The van der Waals surface area contributed by atoms with Crippen LogP contribution in [0.15, 0.2) is 18.2 Å². The third-order valence-corrected chi connectivity index (χ3v) is 3.85. The smallest absolute Gasteiger partial charge is 0.313 e. The van der Waals surface area contributed by atoms with Crippen LogP contribution in [0.1, 0.15) is 17.5 Å². The van der Waals surface area contributed by atoms with Crippen molar-refractivity contribution in [1.29, 1.82) is 0 Å². The van der Waals surface area contributed by atoms with Crippen LogP contribution in [0.5, 0.6) is 0 Å². The van der Waals surface area contributed by atoms with Crippen LogP contribution < -0.4 is 0 Å². The van der Waals surface area contributed by atoms with E-state index in [1.54, 1.807) is 6.07 Å². The summed E-state index contributed by atoms with van der Waals surface area (Å²) in [6, 6.07) is 4.54. The Morgan fingerprint density at radius 3 is 2.84 bits per heavy atom. The van der Waals surface area contributed by atoms with Crippen LogP contribution in [0.4, 0.5) is 8.78 Å². The lowest BCUT2D eigenvalue weighted by Gasteiger charge is -2.22. The average Bonchev–Trinajstić information content (AvgIpc) is 2.79. The molecule has 0 radical (unpaired) electrons. The van der Waals surface area contributed by atoms with Crippen LogP contribution in [-0.4, -0.2) is 35.7 Å². The largest absolute Gasteiger partial charge is 0.481 e. The third-order valence-electron chi connectivity index (χ3n) is 3.85. The topological polar surface area (TPSA) is 40.5 Å². The molecule has 1 saturated heterocycles. The molecule has 104 valence electrons. The number of hydrogen-bond acceptors (Lipinski definition) is 2. The van der Waals surface area contributed by atoms with Crippen molar-refractivity contribution in [2.24, 2.45) is 5.41 Å². The maximum atomic E-state index is 13.2. The molecule has 3 nitrogen and oxygen atoms in total. The van der Waals surface area contributed by atoms with E-state index in [0.717, 1.165) is 11.1 Å². The van der Waals surface area contributed by atoms with Crippen LogP contribution >= 0.6 is 0 Å². The van der Waals surface area contributed by atoms with E-state index in [0.29, 0.717) is 19.5 Å². The van der Waals surface area contributed by atoms with Gasteiger partial charge in [0.1, 0.15) is 17.9 Å². The van der Waals surface area contributed by atoms with E-state index in [2.05, 4.69) is 0 Å². The number of hydrogen-bond donors (Lipinski definition) is 1. The van der Waals surface area contributed by atoms with Gasteiger partial charge in [-0.25, -0.2) is 8.78 Å². The molecule has 0 bridgehead atoms. The molecule has 5 heteroatoms. The second-order valence-electron chi connectivity index (χ2n) is 5.25. The van der Waals surface area contributed by atoms with Crippen LogP contribution in [0.2, 0.25) is 0 Å². The van der Waals surface area contributed by atoms with Gasteiger partial charge in [-0.05, 0) is 43.1 Å². The summed E-state index contributed by atoms with van der Waals surface area (Å²) in [6.45, 7) is 2.17. The lowest BCUT2D eigenvalue weighted by molar-refractivity contribution is -0.149. The Morgan fingerprint density at radius 1 is 1.53 bits per heavy atom. The molecule has 1 aromatic rings. The molecule has 1 atom stereocenters. The van der Waals surface area contributed by atoms with E-state index in [9.17, 15) is 13.6 Å². The van der Waals surface area contributed by atoms with Gasteiger partial charge in [0.05, 0.1) is 0 Å². The van der Waals surface area contributed by atoms with E-state index in [1.165, 1.54) is 12.1 Å². The Bertz CT molecular complexity index is 492. The highest BCUT2D eigenvalue weighted by atomic mass is 19.1. The highest BCUT2D eigenvalue weighted by Gasteiger charge is 2.45. The summed E-state index contributed by atoms with van der Waals surface area (Å²) in [5.41, 5.74) is 0.482. The number of aryl methyl sites for hydroxylation is 1. The van der Waals surface area contributed by atoms with E-state index >= 15 is 0 Å². The summed E-state index contributed by atoms with van der Waals surface area (Å²) < 4.78 is 26.2. The lowest BCUT2D eigenvalue weighted by Crippen LogP contribution is -2.36. The minimum absolute atomic E-state index is 0.175. The molecule has 0 aliphatic carbocycles. The van der Waals surface area contributed by atoms with Crippen LogP contribution in [0.25, 0.3) is 0 Å². The monoisotopic (exact) mass is 269 g/mol. The highest BCUT2D eigenvalue weighted by Crippen LogP contribution is 2.32. The first-order valence-corrected chi connectivity index (χ1v) is 6.23. The number of halogens is 2. The maximum absolute atomic E-state index is 13.2. The van der Waals surface area contributed by atoms with Gasteiger partial charge >= 0.3 is 5.97 Å². The molecule has 1 unspecified atom stereocenters. The molecule has 1 aromatic carbocycles. The van der Waals surface area contributed by atoms with Crippen molar-refractivity contribution < 1.29 is 18.7 Å². The molecule has 1 fully saturated rings. The summed E-state index contributed by atoms with van der Waals surface area (Å²) in [6.07, 6.45) is 0.299. The minimum Gasteiger partial charge on any atom is -0.481 e. The Balaban J connectivity index is 2.10. The Morgan fingerprint density at radius 2 is 2.26 bits per heavy atom. The normalized spacial score (nSPS) is 23.7. The predicted octanol–water partition coefficient (Wildman–Crippen LogP) is 2.38. The van der Waals surface area contributed by atoms with Gasteiger partial charge in [-0.3, -0.25) is 9.69 Å². The number of carboxylic acid groups (broad SMARTS) is 1. The van der Waals surface area contributed by atoms with Crippen molar-refractivity contribution in [3.8, 4) is 0 Å². The number of alkyl halides is 1. The molecular formula is C14H17F2NO2. The summed E-state index contributed by atoms with van der Waals surface area (Å²) in [5, 5.41) is 9.12. The Hall–Kier alpha value is -1.49. The Labute approximate surface area is 110 Å². The van der Waals surface area contributed by atoms with Gasteiger partial charge in [0, 0.05) is 13.1 Å². The first-order chi connectivity index (χ1) is 8.97. The third kappa shape index (κ3) is 2.76. The molecule has 1 N–H and O–H groups in total. The molecule has 19 heavy (non-hydrogen) atoms. The van der Waals surface area contributed by atoms with Gasteiger partial charge in [-0.2, -0.15) is 0 Å². The zero-order valence-corrected chi connectivity index (χ0v) is 10.8. The lowest BCUT2D eigenvalue weighted by atomic mass is 9.89. The second kappa shape index (κ2) is 5.25. The minimum atomic E-state index is -1.29. The van der Waals surface area contributed by atoms with E-state index in [1.807, 2.05) is 11.8 Å². The molecule has 0 amide bonds. The molecule has 1 aliphatic heterocycles. The molecular weight excluding hydrogens is 252 g/mol. The molecule has 1 heterocycles. The van der Waals surface area contributed by atoms with Crippen molar-refractivity contribution in [1.82, 2.24) is 4.90 Å². The zero-order valence-electron chi connectivity index (χ0n) is 10.8. The van der Waals surface area contributed by atoms with Gasteiger partial charge in [0.25, 0.3) is 0 Å². The molecule has 2 rings (SSSR count). The number of rotatable bonds is 4. The van der Waals surface area contributed by atoms with Crippen LogP contribution in [-0.2, 0) is 11.3 Å². The molecule has 0 saturated carbocycles. The van der Waals surface area contributed by atoms with Crippen molar-refractivity contribution in [3.63, 3.8) is 0 Å². The fraction of sp³-hybridized carbons (Fsp3) is 0.500. The van der Waals surface area contributed by atoms with Crippen molar-refractivity contribution in [2.75, 3.05) is 19.8 Å². The van der Waals surface area contributed by atoms with Gasteiger partial charge in [-0.15, -0.1) is 0 Å². The van der Waals surface area contributed by atoms with Crippen LogP contribution in [0.3, 0.4) is 0 Å². The van der Waals surface area contributed by atoms with E-state index < -0.39 is 18.1 Å². The number of benzene rings is 1. The first-order valence-electron chi connectivity index (χ1n) is 6.23. The van der Waals surface area contributed by atoms with Crippen LogP contribution in [0, 0.1) is 18.2 Å². The first kappa shape index (κ1) is 13.9. The molecule has 0 spiro atoms. The predicted molar refractivity (Wildman–Crippen MR) is 67.1 cm³/mol. The second-order valence-corrected chi connectivity index (χ2v) is 5.25. The SMILES string of the molecule is Cc1ccc(F)cc1CN1CCC(CF)(C(=O)O)C1. The number of aliphatic carboxylic acids is 1. The molecule has 0 aromatic heterocycles. The molecule has 1 aliphatic rings. The quantitative estimate of drug-likeness (QED) is 0.912. The number of nitrogens with zero attached hydrogens (tertiary/aromatic N) is 1. The van der Waals surface area contributed by atoms with Crippen molar-refractivity contribution in [2.45, 2.75) is 19.9 Å². The van der Waals surface area contributed by atoms with Gasteiger partial charge in [-0.1, -0.05) is 6.07 Å². The number of carbonyl (C=O) groups is 1. The van der Waals surface area contributed by atoms with Gasteiger partial charge in [0.15, 0.2) is 0 Å². The van der Waals surface area contributed by atoms with Crippen molar-refractivity contribution in [3.05, 3.63) is 35.1 Å². The highest BCUT2D eigenvalue weighted by molar-refractivity contribution is 5.75. The summed E-state index contributed by atoms with van der Waals surface area (Å²) in [7, 11) is 0. The number of likely N-dealkylation sites (tertiary alicyclic amines) is 1. The van der Waals surface area contributed by atoms with E-state index in [-0.39, 0.29) is 12.4 Å². The number of carboxylic acids is 1. The van der Waals surface area contributed by atoms with Gasteiger partial charge in [0.2, 0.25) is 0 Å². The fourth-order valence-electron chi connectivity index (χ4n) is 2.49. The van der Waals surface area contributed by atoms with E-state index in [4.69, 9.17) is 5.11 Å².